The van der Waals surface area contributed by atoms with Gasteiger partial charge in [-0.1, -0.05) is 47.1 Å². The van der Waals surface area contributed by atoms with Crippen molar-refractivity contribution in [1.29, 1.82) is 0 Å². The molecule has 0 fully saturated rings. The van der Waals surface area contributed by atoms with Crippen molar-refractivity contribution in [2.75, 3.05) is 13.7 Å². The molecule has 0 spiro atoms. The van der Waals surface area contributed by atoms with E-state index < -0.39 is 0 Å². The lowest BCUT2D eigenvalue weighted by molar-refractivity contribution is 0.403. The van der Waals surface area contributed by atoms with Crippen LogP contribution in [0.4, 0.5) is 0 Å². The van der Waals surface area contributed by atoms with E-state index in [0.717, 1.165) is 28.8 Å². The average Bonchev–Trinajstić information content (AvgIpc) is 2.49. The molecule has 0 amide bonds. The van der Waals surface area contributed by atoms with Crippen LogP contribution in [-0.2, 0) is 0 Å². The van der Waals surface area contributed by atoms with Gasteiger partial charge in [0.05, 0.1) is 13.2 Å². The van der Waals surface area contributed by atoms with E-state index in [1.807, 2.05) is 12.1 Å². The van der Waals surface area contributed by atoms with Gasteiger partial charge in [-0.05, 0) is 49.2 Å². The van der Waals surface area contributed by atoms with E-state index in [1.54, 1.807) is 7.11 Å². The van der Waals surface area contributed by atoms with Crippen LogP contribution < -0.4 is 10.1 Å². The van der Waals surface area contributed by atoms with Gasteiger partial charge in [-0.2, -0.15) is 0 Å². The molecule has 0 aromatic heterocycles. The quantitative estimate of drug-likeness (QED) is 0.805. The minimum absolute atomic E-state index is 0.138. The first kappa shape index (κ1) is 16.1. The molecule has 0 bridgehead atoms. The van der Waals surface area contributed by atoms with Crippen LogP contribution in [-0.4, -0.2) is 13.7 Å². The summed E-state index contributed by atoms with van der Waals surface area (Å²) in [6.07, 6.45) is 1.10. The Kier molecular flexibility index (Phi) is 5.83. The standard InChI is InChI=1S/C18H22BrNO/c1-4-11-20-18(15-8-6-5-7-13(15)2)16-12-14(19)9-10-17(16)21-3/h5-10,12,18,20H,4,11H2,1-3H3. The van der Waals surface area contributed by atoms with Crippen molar-refractivity contribution >= 4 is 15.9 Å². The van der Waals surface area contributed by atoms with Crippen molar-refractivity contribution in [3.63, 3.8) is 0 Å². The van der Waals surface area contributed by atoms with Crippen LogP contribution in [0.2, 0.25) is 0 Å². The van der Waals surface area contributed by atoms with Gasteiger partial charge in [0.1, 0.15) is 5.75 Å². The van der Waals surface area contributed by atoms with Gasteiger partial charge in [0.15, 0.2) is 0 Å². The molecule has 112 valence electrons. The van der Waals surface area contributed by atoms with Gasteiger partial charge in [0, 0.05) is 10.0 Å². The zero-order valence-corrected chi connectivity index (χ0v) is 14.4. The molecular weight excluding hydrogens is 326 g/mol. The van der Waals surface area contributed by atoms with Crippen molar-refractivity contribution in [3.05, 3.63) is 63.6 Å². The first-order valence-electron chi connectivity index (χ1n) is 7.29. The van der Waals surface area contributed by atoms with E-state index in [-0.39, 0.29) is 6.04 Å². The lowest BCUT2D eigenvalue weighted by Gasteiger charge is -2.23. The van der Waals surface area contributed by atoms with Crippen LogP contribution in [0, 0.1) is 6.92 Å². The van der Waals surface area contributed by atoms with E-state index in [4.69, 9.17) is 4.74 Å². The number of ether oxygens (including phenoxy) is 1. The maximum Gasteiger partial charge on any atom is 0.124 e. The number of hydrogen-bond acceptors (Lipinski definition) is 2. The van der Waals surface area contributed by atoms with Crippen LogP contribution in [0.25, 0.3) is 0 Å². The van der Waals surface area contributed by atoms with Gasteiger partial charge in [-0.15, -0.1) is 0 Å². The smallest absolute Gasteiger partial charge is 0.124 e. The SMILES string of the molecule is CCCNC(c1ccccc1C)c1cc(Br)ccc1OC. The molecule has 0 radical (unpaired) electrons. The summed E-state index contributed by atoms with van der Waals surface area (Å²) in [6.45, 7) is 5.30. The number of rotatable bonds is 6. The Bertz CT molecular complexity index is 598. The summed E-state index contributed by atoms with van der Waals surface area (Å²) in [4.78, 5) is 0. The van der Waals surface area contributed by atoms with Crippen molar-refractivity contribution in [1.82, 2.24) is 5.32 Å². The van der Waals surface area contributed by atoms with Gasteiger partial charge in [-0.25, -0.2) is 0 Å². The zero-order valence-electron chi connectivity index (χ0n) is 12.8. The van der Waals surface area contributed by atoms with Crippen molar-refractivity contribution < 1.29 is 4.74 Å². The zero-order chi connectivity index (χ0) is 15.2. The predicted molar refractivity (Wildman–Crippen MR) is 92.0 cm³/mol. The Labute approximate surface area is 135 Å². The maximum absolute atomic E-state index is 5.56. The molecule has 2 rings (SSSR count). The van der Waals surface area contributed by atoms with E-state index in [1.165, 1.54) is 11.1 Å². The molecule has 1 unspecified atom stereocenters. The molecule has 0 saturated carbocycles. The van der Waals surface area contributed by atoms with Crippen molar-refractivity contribution in [2.24, 2.45) is 0 Å². The minimum atomic E-state index is 0.138. The molecule has 21 heavy (non-hydrogen) atoms. The Morgan fingerprint density at radius 2 is 1.90 bits per heavy atom. The Balaban J connectivity index is 2.50. The summed E-state index contributed by atoms with van der Waals surface area (Å²) in [5.74, 6) is 0.912. The summed E-state index contributed by atoms with van der Waals surface area (Å²) in [6, 6.07) is 14.8. The number of nitrogens with one attached hydrogen (secondary N) is 1. The number of hydrogen-bond donors (Lipinski definition) is 1. The number of aryl methyl sites for hydroxylation is 1. The summed E-state index contributed by atoms with van der Waals surface area (Å²) in [5.41, 5.74) is 3.74. The summed E-state index contributed by atoms with van der Waals surface area (Å²) in [7, 11) is 1.72. The second-order valence-corrected chi connectivity index (χ2v) is 6.05. The molecule has 0 aliphatic carbocycles. The molecule has 0 heterocycles. The van der Waals surface area contributed by atoms with Crippen LogP contribution in [0.5, 0.6) is 5.75 Å². The third-order valence-electron chi connectivity index (χ3n) is 3.60. The fraction of sp³-hybridized carbons (Fsp3) is 0.333. The monoisotopic (exact) mass is 347 g/mol. The number of halogens is 1. The third kappa shape index (κ3) is 3.86. The van der Waals surface area contributed by atoms with Gasteiger partial charge in [0.2, 0.25) is 0 Å². The molecular formula is C18H22BrNO. The Hall–Kier alpha value is -1.32. The summed E-state index contributed by atoms with van der Waals surface area (Å²) < 4.78 is 6.63. The van der Waals surface area contributed by atoms with E-state index in [2.05, 4.69) is 65.4 Å². The fourth-order valence-electron chi connectivity index (χ4n) is 2.52. The first-order valence-corrected chi connectivity index (χ1v) is 8.09. The van der Waals surface area contributed by atoms with Gasteiger partial charge >= 0.3 is 0 Å². The first-order chi connectivity index (χ1) is 10.2. The largest absolute Gasteiger partial charge is 0.496 e. The van der Waals surface area contributed by atoms with Gasteiger partial charge < -0.3 is 10.1 Å². The molecule has 2 aromatic carbocycles. The average molecular weight is 348 g/mol. The van der Waals surface area contributed by atoms with E-state index >= 15 is 0 Å². The Morgan fingerprint density at radius 3 is 2.57 bits per heavy atom. The number of benzene rings is 2. The maximum atomic E-state index is 5.56. The molecule has 0 aliphatic heterocycles. The lowest BCUT2D eigenvalue weighted by Crippen LogP contribution is -2.24. The van der Waals surface area contributed by atoms with Crippen molar-refractivity contribution in [3.8, 4) is 5.75 Å². The molecule has 1 atom stereocenters. The normalized spacial score (nSPS) is 12.2. The van der Waals surface area contributed by atoms with Crippen LogP contribution >= 0.6 is 15.9 Å². The van der Waals surface area contributed by atoms with E-state index in [0.29, 0.717) is 0 Å². The van der Waals surface area contributed by atoms with E-state index in [9.17, 15) is 0 Å². The second kappa shape index (κ2) is 7.62. The molecule has 3 heteroatoms. The molecule has 0 saturated heterocycles. The van der Waals surface area contributed by atoms with Crippen LogP contribution in [0.15, 0.2) is 46.9 Å². The summed E-state index contributed by atoms with van der Waals surface area (Å²) >= 11 is 3.57. The van der Waals surface area contributed by atoms with Gasteiger partial charge in [0.25, 0.3) is 0 Å². The predicted octanol–water partition coefficient (Wildman–Crippen LogP) is 4.86. The highest BCUT2D eigenvalue weighted by molar-refractivity contribution is 9.10. The molecule has 1 N–H and O–H groups in total. The molecule has 0 aliphatic rings. The van der Waals surface area contributed by atoms with Gasteiger partial charge in [-0.3, -0.25) is 0 Å². The highest BCUT2D eigenvalue weighted by Gasteiger charge is 2.19. The minimum Gasteiger partial charge on any atom is -0.496 e. The van der Waals surface area contributed by atoms with Crippen molar-refractivity contribution in [2.45, 2.75) is 26.3 Å². The second-order valence-electron chi connectivity index (χ2n) is 5.13. The highest BCUT2D eigenvalue weighted by atomic mass is 79.9. The lowest BCUT2D eigenvalue weighted by atomic mass is 9.94. The number of methoxy groups -OCH3 is 1. The van der Waals surface area contributed by atoms with Crippen LogP contribution in [0.3, 0.4) is 0 Å². The molecule has 2 aromatic rings. The topological polar surface area (TPSA) is 21.3 Å². The summed E-state index contributed by atoms with van der Waals surface area (Å²) in [5, 5.41) is 3.64. The van der Waals surface area contributed by atoms with Crippen LogP contribution in [0.1, 0.15) is 36.1 Å². The third-order valence-corrected chi connectivity index (χ3v) is 4.09. The Morgan fingerprint density at radius 1 is 1.14 bits per heavy atom. The molecule has 2 nitrogen and oxygen atoms in total. The highest BCUT2D eigenvalue weighted by Crippen LogP contribution is 2.33. The fourth-order valence-corrected chi connectivity index (χ4v) is 2.90.